The predicted molar refractivity (Wildman–Crippen MR) is 126 cm³/mol. The lowest BCUT2D eigenvalue weighted by atomic mass is 10.2. The molecule has 2 aromatic carbocycles. The zero-order chi connectivity index (χ0) is 24.1. The number of H-pyrrole nitrogens is 1. The molecule has 11 heteroatoms. The summed E-state index contributed by atoms with van der Waals surface area (Å²) in [6.07, 6.45) is 0.0265. The minimum absolute atomic E-state index is 0.0265. The first-order chi connectivity index (χ1) is 16.3. The van der Waals surface area contributed by atoms with Crippen molar-refractivity contribution in [3.63, 3.8) is 0 Å². The fourth-order valence-electron chi connectivity index (χ4n) is 3.05. The van der Waals surface area contributed by atoms with E-state index in [0.717, 1.165) is 5.69 Å². The van der Waals surface area contributed by atoms with Crippen LogP contribution < -0.4 is 20.3 Å². The summed E-state index contributed by atoms with van der Waals surface area (Å²) in [5.41, 5.74) is 1.98. The van der Waals surface area contributed by atoms with Gasteiger partial charge in [-0.25, -0.2) is 4.39 Å². The number of hydrogen-bond acceptors (Lipinski definition) is 8. The summed E-state index contributed by atoms with van der Waals surface area (Å²) in [7, 11) is 3.92. The van der Waals surface area contributed by atoms with E-state index in [0.29, 0.717) is 28.8 Å². The topological polar surface area (TPSA) is 121 Å². The summed E-state index contributed by atoms with van der Waals surface area (Å²) in [4.78, 5) is 27.0. The Morgan fingerprint density at radius 1 is 1.09 bits per heavy atom. The van der Waals surface area contributed by atoms with Gasteiger partial charge in [-0.1, -0.05) is 6.07 Å². The number of rotatable bonds is 8. The van der Waals surface area contributed by atoms with E-state index in [1.54, 1.807) is 19.1 Å². The van der Waals surface area contributed by atoms with E-state index >= 15 is 0 Å². The largest absolute Gasteiger partial charge is 0.424 e. The highest BCUT2D eigenvalue weighted by molar-refractivity contribution is 5.92. The molecule has 0 fully saturated rings. The van der Waals surface area contributed by atoms with Gasteiger partial charge in [0.1, 0.15) is 17.4 Å². The van der Waals surface area contributed by atoms with Crippen molar-refractivity contribution in [1.29, 1.82) is 0 Å². The zero-order valence-electron chi connectivity index (χ0n) is 18.8. The maximum Gasteiger partial charge on any atom is 0.327 e. The van der Waals surface area contributed by atoms with Crippen molar-refractivity contribution < 1.29 is 13.9 Å². The average molecular weight is 462 g/mol. The van der Waals surface area contributed by atoms with Gasteiger partial charge in [0.05, 0.1) is 6.42 Å². The first kappa shape index (κ1) is 22.6. The molecular formula is C23H23FN8O2. The van der Waals surface area contributed by atoms with E-state index in [1.165, 1.54) is 18.2 Å². The number of carbonyl (C=O) groups is 1. The summed E-state index contributed by atoms with van der Waals surface area (Å²) in [5, 5.41) is 12.5. The third kappa shape index (κ3) is 6.03. The molecular weight excluding hydrogens is 439 g/mol. The molecule has 0 radical (unpaired) electrons. The molecule has 0 unspecified atom stereocenters. The number of aromatic nitrogens is 5. The Morgan fingerprint density at radius 3 is 2.62 bits per heavy atom. The molecule has 0 bridgehead atoms. The molecule has 0 aliphatic rings. The normalized spacial score (nSPS) is 10.6. The van der Waals surface area contributed by atoms with Crippen molar-refractivity contribution >= 4 is 29.0 Å². The average Bonchev–Trinajstić information content (AvgIpc) is 3.20. The van der Waals surface area contributed by atoms with Gasteiger partial charge in [-0.05, 0) is 49.4 Å². The number of aryl methyl sites for hydroxylation is 1. The highest BCUT2D eigenvalue weighted by Gasteiger charge is 2.11. The Labute approximate surface area is 195 Å². The van der Waals surface area contributed by atoms with Crippen molar-refractivity contribution in [1.82, 2.24) is 25.1 Å². The molecule has 4 aromatic rings. The van der Waals surface area contributed by atoms with Crippen LogP contribution in [-0.4, -0.2) is 45.2 Å². The van der Waals surface area contributed by atoms with E-state index in [4.69, 9.17) is 4.74 Å². The number of hydrogen-bond donors (Lipinski definition) is 3. The maximum absolute atomic E-state index is 13.3. The molecule has 10 nitrogen and oxygen atoms in total. The van der Waals surface area contributed by atoms with Gasteiger partial charge in [0.25, 0.3) is 0 Å². The van der Waals surface area contributed by atoms with Gasteiger partial charge in [0.15, 0.2) is 5.82 Å². The summed E-state index contributed by atoms with van der Waals surface area (Å²) in [6.45, 7) is 1.72. The third-order valence-electron chi connectivity index (χ3n) is 4.62. The Hall–Kier alpha value is -4.54. The summed E-state index contributed by atoms with van der Waals surface area (Å²) < 4.78 is 19.0. The van der Waals surface area contributed by atoms with Crippen molar-refractivity contribution in [2.24, 2.45) is 0 Å². The van der Waals surface area contributed by atoms with Crippen LogP contribution in [0.25, 0.3) is 0 Å². The number of aromatic amines is 1. The SMILES string of the molecule is Cc1nc(Nc2cc(CC(=O)Nc3cccc(F)c3)[nH]n2)nc(Oc2ccc(N(C)C)cc2)n1. The first-order valence-electron chi connectivity index (χ1n) is 10.4. The molecule has 0 spiro atoms. The number of carbonyl (C=O) groups excluding carboxylic acids is 1. The van der Waals surface area contributed by atoms with Gasteiger partial charge in [0, 0.05) is 37.2 Å². The van der Waals surface area contributed by atoms with E-state index in [9.17, 15) is 9.18 Å². The van der Waals surface area contributed by atoms with Gasteiger partial charge in [-0.15, -0.1) is 0 Å². The van der Waals surface area contributed by atoms with Crippen LogP contribution >= 0.6 is 0 Å². The molecule has 34 heavy (non-hydrogen) atoms. The monoisotopic (exact) mass is 462 g/mol. The Bertz CT molecular complexity index is 1290. The smallest absolute Gasteiger partial charge is 0.327 e. The Balaban J connectivity index is 1.39. The standard InChI is InChI=1S/C23H23FN8O2/c1-14-25-22(29-23(26-14)34-19-9-7-18(8-10-19)32(2)3)28-20-12-17(30-31-20)13-21(33)27-16-6-4-5-15(24)11-16/h4-12H,13H2,1-3H3,(H,27,33)(H2,25,26,28,29,30,31). The Kier molecular flexibility index (Phi) is 6.62. The lowest BCUT2D eigenvalue weighted by molar-refractivity contribution is -0.115. The zero-order valence-corrected chi connectivity index (χ0v) is 18.8. The number of amides is 1. The van der Waals surface area contributed by atoms with Crippen LogP contribution in [0.3, 0.4) is 0 Å². The number of benzene rings is 2. The third-order valence-corrected chi connectivity index (χ3v) is 4.62. The number of nitrogens with zero attached hydrogens (tertiary/aromatic N) is 5. The second-order valence-electron chi connectivity index (χ2n) is 7.62. The van der Waals surface area contributed by atoms with Crippen molar-refractivity contribution in [2.45, 2.75) is 13.3 Å². The lowest BCUT2D eigenvalue weighted by Gasteiger charge is -2.12. The van der Waals surface area contributed by atoms with Gasteiger partial charge < -0.3 is 20.3 Å². The minimum atomic E-state index is -0.424. The Morgan fingerprint density at radius 2 is 1.88 bits per heavy atom. The minimum Gasteiger partial charge on any atom is -0.424 e. The first-order valence-corrected chi connectivity index (χ1v) is 10.4. The van der Waals surface area contributed by atoms with Gasteiger partial charge >= 0.3 is 6.01 Å². The molecule has 2 heterocycles. The molecule has 4 rings (SSSR count). The highest BCUT2D eigenvalue weighted by atomic mass is 19.1. The second-order valence-corrected chi connectivity index (χ2v) is 7.62. The predicted octanol–water partition coefficient (Wildman–Crippen LogP) is 3.83. The van der Waals surface area contributed by atoms with Crippen LogP contribution in [0.2, 0.25) is 0 Å². The quantitative estimate of drug-likeness (QED) is 0.361. The van der Waals surface area contributed by atoms with E-state index in [-0.39, 0.29) is 24.3 Å². The van der Waals surface area contributed by atoms with E-state index < -0.39 is 5.82 Å². The van der Waals surface area contributed by atoms with E-state index in [2.05, 4.69) is 35.8 Å². The molecule has 174 valence electrons. The molecule has 2 aromatic heterocycles. The molecule has 1 amide bonds. The summed E-state index contributed by atoms with van der Waals surface area (Å²) >= 11 is 0. The molecule has 0 aliphatic carbocycles. The van der Waals surface area contributed by atoms with Crippen molar-refractivity contribution in [3.8, 4) is 11.8 Å². The number of nitrogens with one attached hydrogen (secondary N) is 3. The molecule has 0 saturated heterocycles. The van der Waals surface area contributed by atoms with Gasteiger partial charge in [0.2, 0.25) is 11.9 Å². The summed E-state index contributed by atoms with van der Waals surface area (Å²) in [5.74, 6) is 0.978. The number of halogens is 1. The van der Waals surface area contributed by atoms with Crippen LogP contribution in [0.15, 0.2) is 54.6 Å². The fourth-order valence-corrected chi connectivity index (χ4v) is 3.05. The molecule has 3 N–H and O–H groups in total. The highest BCUT2D eigenvalue weighted by Crippen LogP contribution is 2.23. The van der Waals surface area contributed by atoms with Crippen LogP contribution in [0.4, 0.5) is 27.5 Å². The number of ether oxygens (including phenoxy) is 1. The number of anilines is 4. The second kappa shape index (κ2) is 9.94. The van der Waals surface area contributed by atoms with Crippen LogP contribution in [-0.2, 0) is 11.2 Å². The maximum atomic E-state index is 13.3. The molecule has 0 aliphatic heterocycles. The van der Waals surface area contributed by atoms with Crippen LogP contribution in [0.1, 0.15) is 11.5 Å². The van der Waals surface area contributed by atoms with Crippen LogP contribution in [0, 0.1) is 12.7 Å². The van der Waals surface area contributed by atoms with Crippen LogP contribution in [0.5, 0.6) is 11.8 Å². The summed E-state index contributed by atoms with van der Waals surface area (Å²) in [6, 6.07) is 15.0. The fraction of sp³-hybridized carbons (Fsp3) is 0.174. The van der Waals surface area contributed by atoms with Crippen molar-refractivity contribution in [3.05, 3.63) is 71.9 Å². The van der Waals surface area contributed by atoms with E-state index in [1.807, 2.05) is 43.3 Å². The molecule has 0 atom stereocenters. The van der Waals surface area contributed by atoms with Gasteiger partial charge in [-0.3, -0.25) is 9.89 Å². The van der Waals surface area contributed by atoms with Crippen molar-refractivity contribution in [2.75, 3.05) is 29.6 Å². The molecule has 0 saturated carbocycles. The van der Waals surface area contributed by atoms with Gasteiger partial charge in [-0.2, -0.15) is 20.1 Å². The lowest BCUT2D eigenvalue weighted by Crippen LogP contribution is -2.14.